The number of ether oxygens (including phenoxy) is 3. The van der Waals surface area contributed by atoms with Crippen LogP contribution >= 0.6 is 0 Å². The molecule has 1 aliphatic carbocycles. The fourth-order valence-corrected chi connectivity index (χ4v) is 8.44. The second-order valence-corrected chi connectivity index (χ2v) is 16.4. The Morgan fingerprint density at radius 1 is 0.809 bits per heavy atom. The lowest BCUT2D eigenvalue weighted by Crippen LogP contribution is -2.54. The van der Waals surface area contributed by atoms with Gasteiger partial charge >= 0.3 is 6.03 Å². The van der Waals surface area contributed by atoms with Crippen LogP contribution in [0.2, 0.25) is 0 Å². The standard InChI is InChI=1S/C50H49N9O9/c51-28-33-9-19-42(54-30-33)56-36-12-16-38(17-13-36)58(50(65)55-29-32-5-2-1-3-6-32)37-14-10-34(11-15-37)35-21-22-53-45(27-35)67-26-25-66-24-23-52-44(61)31-68-41-8-4-7-39-46(41)49(64)59(48(39)63)40-18-20-43(60)57-47(40)62/h1-11,14-15,19,21-22,27,30,36,38,40H,12-13,16-18,20,23-26,29,31H2,(H,52,61)(H,54,56)(H,55,65)(H,57,60,62)/t36-,38-,40?. The normalized spacial score (nSPS) is 17.6. The summed E-state index contributed by atoms with van der Waals surface area (Å²) in [5.74, 6) is -1.92. The Labute approximate surface area is 392 Å². The molecule has 3 aliphatic rings. The number of nitrogens with zero attached hydrogens (tertiary/aromatic N) is 5. The van der Waals surface area contributed by atoms with Gasteiger partial charge in [-0.3, -0.25) is 39.1 Å². The van der Waals surface area contributed by atoms with Crippen molar-refractivity contribution in [1.29, 1.82) is 5.26 Å². The molecule has 1 saturated carbocycles. The molecule has 1 saturated heterocycles. The average Bonchev–Trinajstić information content (AvgIpc) is 3.62. The molecule has 0 bridgehead atoms. The monoisotopic (exact) mass is 919 g/mol. The molecule has 2 fully saturated rings. The first-order valence-corrected chi connectivity index (χ1v) is 22.4. The molecule has 18 nitrogen and oxygen atoms in total. The summed E-state index contributed by atoms with van der Waals surface area (Å²) in [4.78, 5) is 88.3. The van der Waals surface area contributed by atoms with Gasteiger partial charge in [0.25, 0.3) is 17.7 Å². The quantitative estimate of drug-likeness (QED) is 0.0659. The molecule has 5 aromatic rings. The number of amides is 7. The third-order valence-corrected chi connectivity index (χ3v) is 11.9. The van der Waals surface area contributed by atoms with Crippen molar-refractivity contribution < 1.29 is 43.0 Å². The van der Waals surface area contributed by atoms with E-state index in [1.807, 2.05) is 77.7 Å². The molecule has 4 heterocycles. The number of carbonyl (C=O) groups is 6. The Kier molecular flexibility index (Phi) is 14.9. The number of rotatable bonds is 18. The fourth-order valence-electron chi connectivity index (χ4n) is 8.44. The van der Waals surface area contributed by atoms with E-state index >= 15 is 0 Å². The van der Waals surface area contributed by atoms with Crippen LogP contribution in [0.4, 0.5) is 16.3 Å². The Morgan fingerprint density at radius 3 is 2.37 bits per heavy atom. The molecule has 68 heavy (non-hydrogen) atoms. The molecule has 4 N–H and O–H groups in total. The molecule has 8 rings (SSSR count). The first kappa shape index (κ1) is 46.4. The maximum absolute atomic E-state index is 13.9. The van der Waals surface area contributed by atoms with E-state index in [1.54, 1.807) is 18.5 Å². The first-order valence-electron chi connectivity index (χ1n) is 22.4. The number of aromatic nitrogens is 2. The van der Waals surface area contributed by atoms with Gasteiger partial charge in [-0.2, -0.15) is 5.26 Å². The number of benzene rings is 3. The Morgan fingerprint density at radius 2 is 1.62 bits per heavy atom. The second-order valence-electron chi connectivity index (χ2n) is 16.4. The number of carbonyl (C=O) groups excluding carboxylic acids is 6. The van der Waals surface area contributed by atoms with Crippen LogP contribution in [0.1, 0.15) is 70.4 Å². The minimum Gasteiger partial charge on any atom is -0.483 e. The maximum atomic E-state index is 13.9. The number of hydrogen-bond donors (Lipinski definition) is 4. The molecule has 2 aliphatic heterocycles. The predicted octanol–water partition coefficient (Wildman–Crippen LogP) is 5.15. The third-order valence-electron chi connectivity index (χ3n) is 11.9. The van der Waals surface area contributed by atoms with Crippen molar-refractivity contribution in [1.82, 2.24) is 30.8 Å². The van der Waals surface area contributed by atoms with Crippen LogP contribution in [0, 0.1) is 11.3 Å². The third kappa shape index (κ3) is 11.3. The van der Waals surface area contributed by atoms with E-state index in [1.165, 1.54) is 18.2 Å². The van der Waals surface area contributed by atoms with Gasteiger partial charge in [-0.1, -0.05) is 48.5 Å². The summed E-state index contributed by atoms with van der Waals surface area (Å²) in [5.41, 5.74) is 4.09. The minimum absolute atomic E-state index is 0.00260. The summed E-state index contributed by atoms with van der Waals surface area (Å²) in [6.07, 6.45) is 6.49. The number of piperidine rings is 1. The summed E-state index contributed by atoms with van der Waals surface area (Å²) in [6.45, 7) is 0.726. The van der Waals surface area contributed by atoms with E-state index in [0.29, 0.717) is 18.0 Å². The highest BCUT2D eigenvalue weighted by Gasteiger charge is 2.46. The van der Waals surface area contributed by atoms with Crippen LogP contribution in [0.5, 0.6) is 11.6 Å². The number of fused-ring (bicyclic) bond motifs is 1. The molecule has 1 atom stereocenters. The Balaban J connectivity index is 0.786. The van der Waals surface area contributed by atoms with Crippen molar-refractivity contribution in [2.45, 2.75) is 63.2 Å². The maximum Gasteiger partial charge on any atom is 0.322 e. The molecule has 3 aromatic carbocycles. The Bertz CT molecular complexity index is 2690. The molecule has 2 aromatic heterocycles. The molecule has 7 amide bonds. The molecule has 1 unspecified atom stereocenters. The molecule has 348 valence electrons. The lowest BCUT2D eigenvalue weighted by molar-refractivity contribution is -0.136. The van der Waals surface area contributed by atoms with E-state index in [2.05, 4.69) is 37.3 Å². The van der Waals surface area contributed by atoms with Crippen LogP contribution in [0.3, 0.4) is 0 Å². The molecule has 0 radical (unpaired) electrons. The largest absolute Gasteiger partial charge is 0.483 e. The van der Waals surface area contributed by atoms with Gasteiger partial charge < -0.3 is 30.2 Å². The van der Waals surface area contributed by atoms with Crippen molar-refractivity contribution in [3.05, 3.63) is 132 Å². The van der Waals surface area contributed by atoms with E-state index in [9.17, 15) is 28.8 Å². The fraction of sp³-hybridized carbons (Fsp3) is 0.300. The SMILES string of the molecule is N#Cc1ccc(N[C@H]2CC[C@H](N(C(=O)NCc3ccccc3)c3ccc(-c4ccnc(OCCOCCNC(=O)COc5cccc6c5C(=O)N(C5CCC(=O)NC5=O)C6=O)c4)cc3)CC2)nc1. The number of imide groups is 2. The predicted molar refractivity (Wildman–Crippen MR) is 247 cm³/mol. The summed E-state index contributed by atoms with van der Waals surface area (Å²) in [6, 6.07) is 30.3. The number of anilines is 2. The van der Waals surface area contributed by atoms with Crippen LogP contribution in [-0.4, -0.2) is 102 Å². The van der Waals surface area contributed by atoms with Gasteiger partial charge in [0.1, 0.15) is 30.3 Å². The highest BCUT2D eigenvalue weighted by atomic mass is 16.5. The van der Waals surface area contributed by atoms with Crippen molar-refractivity contribution in [3.63, 3.8) is 0 Å². The zero-order valence-corrected chi connectivity index (χ0v) is 37.0. The van der Waals surface area contributed by atoms with Crippen LogP contribution < -0.4 is 35.6 Å². The number of nitrogens with one attached hydrogen (secondary N) is 4. The van der Waals surface area contributed by atoms with Crippen LogP contribution in [0.25, 0.3) is 11.1 Å². The summed E-state index contributed by atoms with van der Waals surface area (Å²) in [7, 11) is 0. The molecule has 0 spiro atoms. The number of hydrogen-bond acceptors (Lipinski definition) is 13. The first-order chi connectivity index (χ1) is 33.1. The summed E-state index contributed by atoms with van der Waals surface area (Å²) >= 11 is 0. The van der Waals surface area contributed by atoms with E-state index in [-0.39, 0.29) is 74.2 Å². The lowest BCUT2D eigenvalue weighted by Gasteiger charge is -2.37. The molecular formula is C50H49N9O9. The van der Waals surface area contributed by atoms with E-state index in [4.69, 9.17) is 19.5 Å². The molecular weight excluding hydrogens is 871 g/mol. The smallest absolute Gasteiger partial charge is 0.322 e. The highest BCUT2D eigenvalue weighted by Crippen LogP contribution is 2.34. The van der Waals surface area contributed by atoms with Crippen molar-refractivity contribution in [3.8, 4) is 28.8 Å². The van der Waals surface area contributed by atoms with Crippen molar-refractivity contribution in [2.75, 3.05) is 43.2 Å². The second kappa shape index (κ2) is 21.9. The van der Waals surface area contributed by atoms with E-state index < -0.39 is 42.2 Å². The van der Waals surface area contributed by atoms with Crippen molar-refractivity contribution in [2.24, 2.45) is 0 Å². The Hall–Kier alpha value is -8.17. The number of nitriles is 1. The van der Waals surface area contributed by atoms with Gasteiger partial charge in [0.2, 0.25) is 17.7 Å². The van der Waals surface area contributed by atoms with Crippen LogP contribution in [-0.2, 0) is 25.7 Å². The zero-order valence-electron chi connectivity index (χ0n) is 37.0. The van der Waals surface area contributed by atoms with Gasteiger partial charge in [0, 0.05) is 55.7 Å². The number of urea groups is 1. The highest BCUT2D eigenvalue weighted by molar-refractivity contribution is 6.24. The molecule has 18 heteroatoms. The van der Waals surface area contributed by atoms with Crippen LogP contribution in [0.15, 0.2) is 109 Å². The lowest BCUT2D eigenvalue weighted by atomic mass is 9.89. The number of pyridine rings is 2. The van der Waals surface area contributed by atoms with Gasteiger partial charge in [-0.15, -0.1) is 0 Å². The average molecular weight is 920 g/mol. The van der Waals surface area contributed by atoms with Crippen molar-refractivity contribution >= 4 is 47.1 Å². The summed E-state index contributed by atoms with van der Waals surface area (Å²) in [5, 5.41) is 20.6. The van der Waals surface area contributed by atoms with Gasteiger partial charge in [-0.05, 0) is 91.3 Å². The topological polar surface area (TPSA) is 234 Å². The van der Waals surface area contributed by atoms with Gasteiger partial charge in [0.15, 0.2) is 6.61 Å². The van der Waals surface area contributed by atoms with E-state index in [0.717, 1.165) is 58.8 Å². The minimum atomic E-state index is -1.12. The van der Waals surface area contributed by atoms with Gasteiger partial charge in [-0.25, -0.2) is 14.8 Å². The zero-order chi connectivity index (χ0) is 47.4. The van der Waals surface area contributed by atoms with Gasteiger partial charge in [0.05, 0.1) is 29.9 Å². The summed E-state index contributed by atoms with van der Waals surface area (Å²) < 4.78 is 17.1.